The molecule has 1 aliphatic rings. The van der Waals surface area contributed by atoms with E-state index in [1.54, 1.807) is 0 Å². The summed E-state index contributed by atoms with van der Waals surface area (Å²) in [7, 11) is 0. The fourth-order valence-electron chi connectivity index (χ4n) is 2.74. The summed E-state index contributed by atoms with van der Waals surface area (Å²) in [6.45, 7) is 0.291. The summed E-state index contributed by atoms with van der Waals surface area (Å²) < 4.78 is 0. The summed E-state index contributed by atoms with van der Waals surface area (Å²) in [6, 6.07) is 0.490. The van der Waals surface area contributed by atoms with Crippen LogP contribution < -0.4 is 5.32 Å². The van der Waals surface area contributed by atoms with E-state index in [1.165, 1.54) is 25.7 Å². The number of aliphatic hydroxyl groups excluding tert-OH is 3. The van der Waals surface area contributed by atoms with Crippen molar-refractivity contribution < 1.29 is 15.3 Å². The largest absolute Gasteiger partial charge is 0.396 e. The molecule has 1 aliphatic carbocycles. The second-order valence-electron chi connectivity index (χ2n) is 4.83. The van der Waals surface area contributed by atoms with Crippen LogP contribution in [0.5, 0.6) is 0 Å². The Morgan fingerprint density at radius 1 is 0.875 bits per heavy atom. The Kier molecular flexibility index (Phi) is 6.28. The summed E-state index contributed by atoms with van der Waals surface area (Å²) >= 11 is 0. The van der Waals surface area contributed by atoms with Gasteiger partial charge in [0, 0.05) is 31.4 Å². The van der Waals surface area contributed by atoms with Crippen molar-refractivity contribution in [2.24, 2.45) is 0 Å². The van der Waals surface area contributed by atoms with E-state index in [2.05, 4.69) is 5.32 Å². The normalized spacial score (nSPS) is 18.2. The highest BCUT2D eigenvalue weighted by atomic mass is 16.3. The molecule has 1 rings (SSSR count). The quantitative estimate of drug-likeness (QED) is 0.488. The van der Waals surface area contributed by atoms with Crippen LogP contribution in [-0.4, -0.2) is 46.7 Å². The Morgan fingerprint density at radius 2 is 1.31 bits per heavy atom. The third-order valence-electron chi connectivity index (χ3n) is 3.64. The van der Waals surface area contributed by atoms with Gasteiger partial charge in [0.05, 0.1) is 0 Å². The minimum absolute atomic E-state index is 0.0969. The molecule has 0 amide bonds. The van der Waals surface area contributed by atoms with Gasteiger partial charge in [-0.05, 0) is 32.1 Å². The first kappa shape index (κ1) is 13.9. The van der Waals surface area contributed by atoms with Crippen molar-refractivity contribution in [3.8, 4) is 0 Å². The molecule has 0 aromatic rings. The third-order valence-corrected chi connectivity index (χ3v) is 3.64. The molecule has 16 heavy (non-hydrogen) atoms. The Morgan fingerprint density at radius 3 is 1.69 bits per heavy atom. The summed E-state index contributed by atoms with van der Waals surface area (Å²) in [5, 5.41) is 30.9. The van der Waals surface area contributed by atoms with E-state index < -0.39 is 0 Å². The van der Waals surface area contributed by atoms with Crippen LogP contribution in [0.15, 0.2) is 0 Å². The van der Waals surface area contributed by atoms with Crippen LogP contribution >= 0.6 is 0 Å². The molecule has 4 heteroatoms. The molecule has 0 saturated heterocycles. The smallest absolute Gasteiger partial charge is 0.0448 e. The third kappa shape index (κ3) is 4.01. The minimum atomic E-state index is -0.284. The van der Waals surface area contributed by atoms with Gasteiger partial charge >= 0.3 is 0 Å². The lowest BCUT2D eigenvalue weighted by Crippen LogP contribution is -2.51. The molecule has 4 N–H and O–H groups in total. The summed E-state index contributed by atoms with van der Waals surface area (Å²) in [5.74, 6) is 0. The summed E-state index contributed by atoms with van der Waals surface area (Å²) in [6.07, 6.45) is 6.66. The SMILES string of the molecule is OCCC(CCO)(CCO)NC1CCCC1. The van der Waals surface area contributed by atoms with Gasteiger partial charge in [0.2, 0.25) is 0 Å². The van der Waals surface area contributed by atoms with Crippen LogP contribution in [0.3, 0.4) is 0 Å². The second-order valence-corrected chi connectivity index (χ2v) is 4.83. The van der Waals surface area contributed by atoms with Crippen LogP contribution in [0.2, 0.25) is 0 Å². The molecule has 1 fully saturated rings. The van der Waals surface area contributed by atoms with E-state index in [1.807, 2.05) is 0 Å². The molecule has 96 valence electrons. The first-order chi connectivity index (χ1) is 7.76. The maximum absolute atomic E-state index is 9.13. The highest BCUT2D eigenvalue weighted by Crippen LogP contribution is 2.26. The lowest BCUT2D eigenvalue weighted by Gasteiger charge is -2.36. The molecule has 0 aromatic heterocycles. The van der Waals surface area contributed by atoms with E-state index >= 15 is 0 Å². The van der Waals surface area contributed by atoms with Crippen LogP contribution in [-0.2, 0) is 0 Å². The maximum Gasteiger partial charge on any atom is 0.0448 e. The standard InChI is InChI=1S/C12H25NO3/c14-8-5-12(6-9-15,7-10-16)13-11-3-1-2-4-11/h11,13-16H,1-10H2. The van der Waals surface area contributed by atoms with Crippen LogP contribution in [0.4, 0.5) is 0 Å². The van der Waals surface area contributed by atoms with E-state index in [0.29, 0.717) is 25.3 Å². The Bertz CT molecular complexity index is 164. The van der Waals surface area contributed by atoms with Gasteiger partial charge in [0.25, 0.3) is 0 Å². The molecule has 0 heterocycles. The van der Waals surface area contributed by atoms with Crippen molar-refractivity contribution in [3.63, 3.8) is 0 Å². The van der Waals surface area contributed by atoms with Crippen molar-refractivity contribution in [2.75, 3.05) is 19.8 Å². The number of aliphatic hydroxyl groups is 3. The zero-order valence-electron chi connectivity index (χ0n) is 9.99. The molecule has 0 aliphatic heterocycles. The van der Waals surface area contributed by atoms with Crippen LogP contribution in [0.25, 0.3) is 0 Å². The van der Waals surface area contributed by atoms with Crippen molar-refractivity contribution >= 4 is 0 Å². The van der Waals surface area contributed by atoms with E-state index in [4.69, 9.17) is 15.3 Å². The molecule has 0 radical (unpaired) electrons. The van der Waals surface area contributed by atoms with E-state index in [-0.39, 0.29) is 25.4 Å². The van der Waals surface area contributed by atoms with Crippen LogP contribution in [0.1, 0.15) is 44.9 Å². The number of hydrogen-bond donors (Lipinski definition) is 4. The topological polar surface area (TPSA) is 72.7 Å². The van der Waals surface area contributed by atoms with Crippen molar-refractivity contribution in [1.82, 2.24) is 5.32 Å². The number of nitrogens with one attached hydrogen (secondary N) is 1. The highest BCUT2D eigenvalue weighted by molar-refractivity contribution is 4.91. The van der Waals surface area contributed by atoms with Gasteiger partial charge in [-0.3, -0.25) is 0 Å². The molecule has 1 saturated carbocycles. The van der Waals surface area contributed by atoms with Gasteiger partial charge in [-0.2, -0.15) is 0 Å². The predicted molar refractivity (Wildman–Crippen MR) is 63.2 cm³/mol. The monoisotopic (exact) mass is 231 g/mol. The van der Waals surface area contributed by atoms with Gasteiger partial charge < -0.3 is 20.6 Å². The molecule has 0 bridgehead atoms. The average Bonchev–Trinajstić information content (AvgIpc) is 2.71. The lowest BCUT2D eigenvalue weighted by atomic mass is 9.87. The van der Waals surface area contributed by atoms with Gasteiger partial charge in [-0.1, -0.05) is 12.8 Å². The highest BCUT2D eigenvalue weighted by Gasteiger charge is 2.31. The zero-order valence-corrected chi connectivity index (χ0v) is 9.99. The summed E-state index contributed by atoms with van der Waals surface area (Å²) in [5.41, 5.74) is -0.284. The van der Waals surface area contributed by atoms with E-state index in [9.17, 15) is 0 Å². The Labute approximate surface area is 97.7 Å². The minimum Gasteiger partial charge on any atom is -0.396 e. The molecule has 0 aromatic carbocycles. The molecule has 0 unspecified atom stereocenters. The first-order valence-corrected chi connectivity index (χ1v) is 6.36. The maximum atomic E-state index is 9.13. The van der Waals surface area contributed by atoms with Crippen molar-refractivity contribution in [1.29, 1.82) is 0 Å². The molecule has 0 spiro atoms. The van der Waals surface area contributed by atoms with Gasteiger partial charge in [0.15, 0.2) is 0 Å². The molecular formula is C12H25NO3. The molecular weight excluding hydrogens is 206 g/mol. The fourth-order valence-corrected chi connectivity index (χ4v) is 2.74. The zero-order chi connectivity index (χ0) is 11.9. The number of hydrogen-bond acceptors (Lipinski definition) is 4. The van der Waals surface area contributed by atoms with Gasteiger partial charge in [0.1, 0.15) is 0 Å². The van der Waals surface area contributed by atoms with Crippen molar-refractivity contribution in [3.05, 3.63) is 0 Å². The summed E-state index contributed by atoms with van der Waals surface area (Å²) in [4.78, 5) is 0. The Balaban J connectivity index is 2.56. The van der Waals surface area contributed by atoms with Gasteiger partial charge in [-0.15, -0.1) is 0 Å². The molecule has 4 nitrogen and oxygen atoms in total. The van der Waals surface area contributed by atoms with Crippen molar-refractivity contribution in [2.45, 2.75) is 56.5 Å². The molecule has 0 atom stereocenters. The fraction of sp³-hybridized carbons (Fsp3) is 1.00. The second kappa shape index (κ2) is 7.22. The average molecular weight is 231 g/mol. The number of rotatable bonds is 8. The lowest BCUT2D eigenvalue weighted by molar-refractivity contribution is 0.121. The Hall–Kier alpha value is -0.160. The predicted octanol–water partition coefficient (Wildman–Crippen LogP) is 0.405. The van der Waals surface area contributed by atoms with E-state index in [0.717, 1.165) is 0 Å². The first-order valence-electron chi connectivity index (χ1n) is 6.36. The van der Waals surface area contributed by atoms with Crippen LogP contribution in [0, 0.1) is 0 Å². The van der Waals surface area contributed by atoms with Gasteiger partial charge in [-0.25, -0.2) is 0 Å².